The second kappa shape index (κ2) is 3.34. The molecule has 0 heterocycles. The molecule has 0 aliphatic carbocycles. The van der Waals surface area contributed by atoms with Crippen molar-refractivity contribution in [3.05, 3.63) is 0 Å². The van der Waals surface area contributed by atoms with Crippen LogP contribution in [-0.4, -0.2) is 30.6 Å². The highest BCUT2D eigenvalue weighted by atomic mass is 32.2. The lowest BCUT2D eigenvalue weighted by molar-refractivity contribution is 0.193. The first-order valence-corrected chi connectivity index (χ1v) is 5.03. The van der Waals surface area contributed by atoms with E-state index >= 15 is 0 Å². The molecule has 3 nitrogen and oxygen atoms in total. The molecule has 2 atom stereocenters. The van der Waals surface area contributed by atoms with Gasteiger partial charge in [-0.05, 0) is 13.8 Å². The van der Waals surface area contributed by atoms with Crippen LogP contribution in [-0.2, 0) is 9.84 Å². The van der Waals surface area contributed by atoms with E-state index in [9.17, 15) is 8.42 Å². The Morgan fingerprint density at radius 3 is 1.90 bits per heavy atom. The predicted octanol–water partition coefficient (Wildman–Crippen LogP) is 0.190. The van der Waals surface area contributed by atoms with Crippen LogP contribution < -0.4 is 0 Å². The van der Waals surface area contributed by atoms with Crippen molar-refractivity contribution in [1.82, 2.24) is 0 Å². The minimum Gasteiger partial charge on any atom is -0.392 e. The second-order valence-electron chi connectivity index (χ2n) is 2.40. The molecule has 0 radical (unpaired) electrons. The lowest BCUT2D eigenvalue weighted by atomic mass is 10.3. The first-order valence-electron chi connectivity index (χ1n) is 3.31. The highest BCUT2D eigenvalue weighted by molar-refractivity contribution is 7.92. The third kappa shape index (κ3) is 2.27. The monoisotopic (exact) mass is 166 g/mol. The summed E-state index contributed by atoms with van der Waals surface area (Å²) in [6.45, 7) is 4.58. The maximum Gasteiger partial charge on any atom is 0.155 e. The quantitative estimate of drug-likeness (QED) is 0.651. The Morgan fingerprint density at radius 2 is 1.80 bits per heavy atom. The standard InChI is InChI=1S/C6H14O3S/c1-4-10(8,9)6(3)5(2)7/h5-7H,4H2,1-3H3/t5-,6-/m1/s1. The molecule has 0 amide bonds. The molecule has 0 aromatic carbocycles. The van der Waals surface area contributed by atoms with E-state index in [-0.39, 0.29) is 5.75 Å². The highest BCUT2D eigenvalue weighted by Gasteiger charge is 2.22. The molecule has 10 heavy (non-hydrogen) atoms. The number of aliphatic hydroxyl groups excluding tert-OH is 1. The van der Waals surface area contributed by atoms with E-state index in [1.165, 1.54) is 13.8 Å². The van der Waals surface area contributed by atoms with Crippen molar-refractivity contribution in [2.45, 2.75) is 32.1 Å². The number of rotatable bonds is 3. The Bertz CT molecular complexity index is 181. The Labute approximate surface area is 62.0 Å². The van der Waals surface area contributed by atoms with Crippen molar-refractivity contribution in [3.8, 4) is 0 Å². The zero-order valence-corrected chi connectivity index (χ0v) is 7.35. The van der Waals surface area contributed by atoms with Crippen molar-refractivity contribution in [2.75, 3.05) is 5.75 Å². The average Bonchev–Trinajstić information content (AvgIpc) is 1.86. The van der Waals surface area contributed by atoms with E-state index in [1.54, 1.807) is 6.92 Å². The van der Waals surface area contributed by atoms with E-state index in [0.29, 0.717) is 0 Å². The van der Waals surface area contributed by atoms with E-state index in [0.717, 1.165) is 0 Å². The summed E-state index contributed by atoms with van der Waals surface area (Å²) >= 11 is 0. The third-order valence-corrected chi connectivity index (χ3v) is 3.98. The van der Waals surface area contributed by atoms with Crippen molar-refractivity contribution < 1.29 is 13.5 Å². The molecular weight excluding hydrogens is 152 g/mol. The molecule has 0 aromatic rings. The van der Waals surface area contributed by atoms with Crippen LogP contribution in [0.1, 0.15) is 20.8 Å². The van der Waals surface area contributed by atoms with E-state index < -0.39 is 21.2 Å². The summed E-state index contributed by atoms with van der Waals surface area (Å²) in [5.74, 6) is 0.0963. The molecule has 0 saturated heterocycles. The SMILES string of the molecule is CCS(=O)(=O)[C@H](C)[C@@H](C)O. The van der Waals surface area contributed by atoms with Gasteiger partial charge in [-0.1, -0.05) is 6.92 Å². The van der Waals surface area contributed by atoms with Crippen LogP contribution in [0, 0.1) is 0 Å². The summed E-state index contributed by atoms with van der Waals surface area (Å²) in [5.41, 5.74) is 0. The Morgan fingerprint density at radius 1 is 1.40 bits per heavy atom. The van der Waals surface area contributed by atoms with Gasteiger partial charge in [0, 0.05) is 5.75 Å². The maximum atomic E-state index is 11.0. The summed E-state index contributed by atoms with van der Waals surface area (Å²) < 4.78 is 22.0. The Kier molecular flexibility index (Phi) is 3.31. The fourth-order valence-electron chi connectivity index (χ4n) is 0.563. The molecule has 4 heteroatoms. The largest absolute Gasteiger partial charge is 0.392 e. The van der Waals surface area contributed by atoms with Gasteiger partial charge >= 0.3 is 0 Å². The van der Waals surface area contributed by atoms with Gasteiger partial charge < -0.3 is 5.11 Å². The molecule has 0 aromatic heterocycles. The molecule has 0 aliphatic rings. The average molecular weight is 166 g/mol. The number of hydrogen-bond donors (Lipinski definition) is 1. The van der Waals surface area contributed by atoms with Gasteiger partial charge in [-0.3, -0.25) is 0 Å². The fraction of sp³-hybridized carbons (Fsp3) is 1.00. The van der Waals surface area contributed by atoms with Gasteiger partial charge in [-0.25, -0.2) is 8.42 Å². The van der Waals surface area contributed by atoms with E-state index in [4.69, 9.17) is 5.11 Å². The number of aliphatic hydroxyl groups is 1. The van der Waals surface area contributed by atoms with Crippen molar-refractivity contribution >= 4 is 9.84 Å². The van der Waals surface area contributed by atoms with E-state index in [1.807, 2.05) is 0 Å². The van der Waals surface area contributed by atoms with Gasteiger partial charge in [0.2, 0.25) is 0 Å². The van der Waals surface area contributed by atoms with Crippen molar-refractivity contribution in [1.29, 1.82) is 0 Å². The Balaban J connectivity index is 4.35. The van der Waals surface area contributed by atoms with Gasteiger partial charge in [0.05, 0.1) is 11.4 Å². The first kappa shape index (κ1) is 9.91. The summed E-state index contributed by atoms with van der Waals surface area (Å²) in [6.07, 6.45) is -0.773. The molecular formula is C6H14O3S. The van der Waals surface area contributed by atoms with Crippen molar-refractivity contribution in [2.24, 2.45) is 0 Å². The lowest BCUT2D eigenvalue weighted by Crippen LogP contribution is -2.30. The topological polar surface area (TPSA) is 54.4 Å². The highest BCUT2D eigenvalue weighted by Crippen LogP contribution is 2.05. The van der Waals surface area contributed by atoms with Crippen LogP contribution in [0.3, 0.4) is 0 Å². The van der Waals surface area contributed by atoms with Crippen LogP contribution in [0.5, 0.6) is 0 Å². The van der Waals surface area contributed by atoms with Crippen LogP contribution in [0.4, 0.5) is 0 Å². The van der Waals surface area contributed by atoms with Gasteiger partial charge in [-0.2, -0.15) is 0 Å². The molecule has 0 aliphatic heterocycles. The summed E-state index contributed by atoms with van der Waals surface area (Å²) in [5, 5.41) is 8.27. The molecule has 0 spiro atoms. The molecule has 0 bridgehead atoms. The third-order valence-electron chi connectivity index (χ3n) is 1.65. The second-order valence-corrected chi connectivity index (χ2v) is 5.04. The van der Waals surface area contributed by atoms with Crippen LogP contribution in [0.25, 0.3) is 0 Å². The maximum absolute atomic E-state index is 11.0. The van der Waals surface area contributed by atoms with Gasteiger partial charge in [0.25, 0.3) is 0 Å². The summed E-state index contributed by atoms with van der Waals surface area (Å²) in [4.78, 5) is 0. The smallest absolute Gasteiger partial charge is 0.155 e. The lowest BCUT2D eigenvalue weighted by Gasteiger charge is -2.13. The fourth-order valence-corrected chi connectivity index (χ4v) is 1.69. The molecule has 0 rings (SSSR count). The zero-order chi connectivity index (χ0) is 8.36. The van der Waals surface area contributed by atoms with Crippen LogP contribution >= 0.6 is 0 Å². The minimum atomic E-state index is -3.05. The van der Waals surface area contributed by atoms with Gasteiger partial charge in [-0.15, -0.1) is 0 Å². The van der Waals surface area contributed by atoms with Gasteiger partial charge in [0.1, 0.15) is 0 Å². The zero-order valence-electron chi connectivity index (χ0n) is 6.53. The minimum absolute atomic E-state index is 0.0963. The van der Waals surface area contributed by atoms with Crippen LogP contribution in [0.2, 0.25) is 0 Å². The van der Waals surface area contributed by atoms with Crippen molar-refractivity contribution in [3.63, 3.8) is 0 Å². The van der Waals surface area contributed by atoms with Gasteiger partial charge in [0.15, 0.2) is 9.84 Å². The summed E-state index contributed by atoms with van der Waals surface area (Å²) in [7, 11) is -3.05. The van der Waals surface area contributed by atoms with E-state index in [2.05, 4.69) is 0 Å². The van der Waals surface area contributed by atoms with Crippen LogP contribution in [0.15, 0.2) is 0 Å². The molecule has 0 fully saturated rings. The molecule has 62 valence electrons. The summed E-state index contributed by atoms with van der Waals surface area (Å²) in [6, 6.07) is 0. The molecule has 0 unspecified atom stereocenters. The molecule has 0 saturated carbocycles. The number of hydrogen-bond acceptors (Lipinski definition) is 3. The normalized spacial score (nSPS) is 18.4. The predicted molar refractivity (Wildman–Crippen MR) is 40.6 cm³/mol. The first-order chi connectivity index (χ1) is 4.41. The molecule has 1 N–H and O–H groups in total. The Hall–Kier alpha value is -0.0900. The number of sulfone groups is 1.